The Labute approximate surface area is 180 Å². The third-order valence-corrected chi connectivity index (χ3v) is 5.86. The van der Waals surface area contributed by atoms with Crippen LogP contribution in [0.3, 0.4) is 0 Å². The molecular weight excluding hydrogens is 376 g/mol. The first-order chi connectivity index (χ1) is 14.5. The van der Waals surface area contributed by atoms with Crippen molar-refractivity contribution in [3.8, 4) is 5.75 Å². The lowest BCUT2D eigenvalue weighted by molar-refractivity contribution is -0.116. The van der Waals surface area contributed by atoms with Gasteiger partial charge in [0.15, 0.2) is 0 Å². The van der Waals surface area contributed by atoms with E-state index in [4.69, 9.17) is 9.47 Å². The second-order valence-electron chi connectivity index (χ2n) is 8.41. The largest absolute Gasteiger partial charge is 0.494 e. The minimum Gasteiger partial charge on any atom is -0.494 e. The summed E-state index contributed by atoms with van der Waals surface area (Å²) in [5, 5.41) is 2.96. The highest BCUT2D eigenvalue weighted by molar-refractivity contribution is 5.90. The Kier molecular flexibility index (Phi) is 7.75. The third kappa shape index (κ3) is 6.23. The fraction of sp³-hybridized carbons (Fsp3) is 0.480. The Balaban J connectivity index is 1.37. The normalized spacial score (nSPS) is 14.4. The Morgan fingerprint density at radius 1 is 1.07 bits per heavy atom. The summed E-state index contributed by atoms with van der Waals surface area (Å²) in [7, 11) is 0. The molecule has 0 radical (unpaired) electrons. The molecule has 1 heterocycles. The van der Waals surface area contributed by atoms with Crippen molar-refractivity contribution in [1.29, 1.82) is 0 Å². The minimum atomic E-state index is 0.0118. The van der Waals surface area contributed by atoms with Crippen LogP contribution in [0.1, 0.15) is 45.6 Å². The molecule has 0 unspecified atom stereocenters. The molecule has 1 amide bonds. The van der Waals surface area contributed by atoms with E-state index in [-0.39, 0.29) is 11.3 Å². The first-order valence-corrected chi connectivity index (χ1v) is 10.9. The van der Waals surface area contributed by atoms with E-state index in [1.54, 1.807) is 0 Å². The zero-order chi connectivity index (χ0) is 21.4. The van der Waals surface area contributed by atoms with Crippen LogP contribution in [-0.2, 0) is 14.9 Å². The second-order valence-corrected chi connectivity index (χ2v) is 8.41. The number of anilines is 2. The Hall–Kier alpha value is -2.53. The summed E-state index contributed by atoms with van der Waals surface area (Å²) in [6, 6.07) is 16.3. The number of carbonyl (C=O) groups excluding carboxylic acids is 1. The molecule has 1 N–H and O–H groups in total. The van der Waals surface area contributed by atoms with Gasteiger partial charge in [-0.1, -0.05) is 32.9 Å². The quantitative estimate of drug-likeness (QED) is 0.591. The average Bonchev–Trinajstić information content (AvgIpc) is 2.78. The number of ether oxygens (including phenoxy) is 2. The summed E-state index contributed by atoms with van der Waals surface area (Å²) in [6.45, 7) is 10.6. The van der Waals surface area contributed by atoms with Crippen LogP contribution >= 0.6 is 0 Å². The number of hydrogen-bond acceptors (Lipinski definition) is 4. The predicted octanol–water partition coefficient (Wildman–Crippen LogP) is 5.01. The van der Waals surface area contributed by atoms with E-state index in [0.717, 1.165) is 49.8 Å². The van der Waals surface area contributed by atoms with E-state index >= 15 is 0 Å². The van der Waals surface area contributed by atoms with Gasteiger partial charge in [-0.05, 0) is 60.2 Å². The Morgan fingerprint density at radius 3 is 2.37 bits per heavy atom. The average molecular weight is 411 g/mol. The van der Waals surface area contributed by atoms with Gasteiger partial charge in [-0.25, -0.2) is 0 Å². The topological polar surface area (TPSA) is 50.8 Å². The smallest absolute Gasteiger partial charge is 0.224 e. The molecule has 0 bridgehead atoms. The molecule has 5 nitrogen and oxygen atoms in total. The van der Waals surface area contributed by atoms with Crippen molar-refractivity contribution in [1.82, 2.24) is 0 Å². The molecule has 1 aliphatic rings. The van der Waals surface area contributed by atoms with Gasteiger partial charge in [-0.15, -0.1) is 0 Å². The fourth-order valence-electron chi connectivity index (χ4n) is 3.43. The number of nitrogens with zero attached hydrogens (tertiary/aromatic N) is 1. The summed E-state index contributed by atoms with van der Waals surface area (Å²) in [6.07, 6.45) is 2.21. The van der Waals surface area contributed by atoms with Crippen LogP contribution in [-0.4, -0.2) is 38.8 Å². The van der Waals surface area contributed by atoms with Gasteiger partial charge in [-0.3, -0.25) is 4.79 Å². The number of amides is 1. The molecule has 0 atom stereocenters. The highest BCUT2D eigenvalue weighted by Crippen LogP contribution is 2.28. The lowest BCUT2D eigenvalue weighted by Crippen LogP contribution is -2.36. The van der Waals surface area contributed by atoms with Gasteiger partial charge in [0.25, 0.3) is 0 Å². The van der Waals surface area contributed by atoms with E-state index in [2.05, 4.69) is 43.1 Å². The number of carbonyl (C=O) groups is 1. The fourth-order valence-corrected chi connectivity index (χ4v) is 3.43. The molecule has 0 aromatic heterocycles. The van der Waals surface area contributed by atoms with Crippen molar-refractivity contribution in [2.24, 2.45) is 0 Å². The molecule has 1 aliphatic heterocycles. The van der Waals surface area contributed by atoms with Gasteiger partial charge in [0.1, 0.15) is 5.75 Å². The highest BCUT2D eigenvalue weighted by Gasteiger charge is 2.17. The molecule has 0 aliphatic carbocycles. The summed E-state index contributed by atoms with van der Waals surface area (Å²) >= 11 is 0. The molecule has 0 spiro atoms. The number of hydrogen-bond donors (Lipinski definition) is 1. The number of rotatable bonds is 9. The zero-order valence-electron chi connectivity index (χ0n) is 18.4. The van der Waals surface area contributed by atoms with Crippen molar-refractivity contribution in [2.75, 3.05) is 43.1 Å². The molecule has 0 saturated carbocycles. The van der Waals surface area contributed by atoms with Gasteiger partial charge in [0, 0.05) is 30.9 Å². The first kappa shape index (κ1) is 22.2. The van der Waals surface area contributed by atoms with Crippen molar-refractivity contribution >= 4 is 17.3 Å². The van der Waals surface area contributed by atoms with Crippen LogP contribution in [0.4, 0.5) is 11.4 Å². The van der Waals surface area contributed by atoms with Crippen LogP contribution in [0.5, 0.6) is 5.75 Å². The lowest BCUT2D eigenvalue weighted by Gasteiger charge is -2.28. The Morgan fingerprint density at radius 2 is 1.73 bits per heavy atom. The van der Waals surface area contributed by atoms with E-state index in [1.807, 2.05) is 36.4 Å². The molecule has 5 heteroatoms. The maximum Gasteiger partial charge on any atom is 0.224 e. The maximum absolute atomic E-state index is 12.2. The third-order valence-electron chi connectivity index (χ3n) is 5.86. The van der Waals surface area contributed by atoms with Gasteiger partial charge in [0.2, 0.25) is 5.91 Å². The molecule has 1 fully saturated rings. The van der Waals surface area contributed by atoms with Crippen molar-refractivity contribution in [3.05, 3.63) is 54.1 Å². The molecule has 3 rings (SSSR count). The first-order valence-electron chi connectivity index (χ1n) is 10.9. The SMILES string of the molecule is CCC(C)(C)c1ccc(OCCCC(=O)Nc2ccc(N3CCOCC3)cc2)cc1. The number of morpholine rings is 1. The highest BCUT2D eigenvalue weighted by atomic mass is 16.5. The maximum atomic E-state index is 12.2. The van der Waals surface area contributed by atoms with E-state index < -0.39 is 0 Å². The van der Waals surface area contributed by atoms with Crippen LogP contribution in [0.15, 0.2) is 48.5 Å². The van der Waals surface area contributed by atoms with E-state index in [1.165, 1.54) is 5.56 Å². The van der Waals surface area contributed by atoms with Gasteiger partial charge in [-0.2, -0.15) is 0 Å². The lowest BCUT2D eigenvalue weighted by atomic mass is 9.82. The van der Waals surface area contributed by atoms with E-state index in [0.29, 0.717) is 19.4 Å². The standard InChI is InChI=1S/C25H34N2O3/c1-4-25(2,3)20-7-13-23(14-8-20)30-17-5-6-24(28)26-21-9-11-22(12-10-21)27-15-18-29-19-16-27/h7-14H,4-6,15-19H2,1-3H3,(H,26,28). The van der Waals surface area contributed by atoms with Crippen LogP contribution in [0.2, 0.25) is 0 Å². The summed E-state index contributed by atoms with van der Waals surface area (Å²) < 4.78 is 11.2. The molecule has 2 aromatic rings. The zero-order valence-corrected chi connectivity index (χ0v) is 18.4. The number of benzene rings is 2. The van der Waals surface area contributed by atoms with Crippen molar-refractivity contribution in [2.45, 2.75) is 45.4 Å². The molecule has 2 aromatic carbocycles. The van der Waals surface area contributed by atoms with Crippen LogP contribution < -0.4 is 15.0 Å². The minimum absolute atomic E-state index is 0.0118. The summed E-state index contributed by atoms with van der Waals surface area (Å²) in [5.41, 5.74) is 3.48. The van der Waals surface area contributed by atoms with Gasteiger partial charge >= 0.3 is 0 Å². The Bertz CT molecular complexity index is 794. The molecule has 30 heavy (non-hydrogen) atoms. The van der Waals surface area contributed by atoms with E-state index in [9.17, 15) is 4.79 Å². The second kappa shape index (κ2) is 10.5. The van der Waals surface area contributed by atoms with Crippen molar-refractivity contribution in [3.63, 3.8) is 0 Å². The number of nitrogens with one attached hydrogen (secondary N) is 1. The molecule has 1 saturated heterocycles. The van der Waals surface area contributed by atoms with Crippen LogP contribution in [0.25, 0.3) is 0 Å². The monoisotopic (exact) mass is 410 g/mol. The van der Waals surface area contributed by atoms with Gasteiger partial charge < -0.3 is 19.7 Å². The molecule has 162 valence electrons. The summed E-state index contributed by atoms with van der Waals surface area (Å²) in [5.74, 6) is 0.863. The molecular formula is C25H34N2O3. The van der Waals surface area contributed by atoms with Crippen LogP contribution in [0, 0.1) is 0 Å². The van der Waals surface area contributed by atoms with Gasteiger partial charge in [0.05, 0.1) is 19.8 Å². The summed E-state index contributed by atoms with van der Waals surface area (Å²) in [4.78, 5) is 14.5. The van der Waals surface area contributed by atoms with Crippen molar-refractivity contribution < 1.29 is 14.3 Å². The predicted molar refractivity (Wildman–Crippen MR) is 123 cm³/mol.